The molecule has 2 nitrogen and oxygen atoms in total. The fourth-order valence-electron chi connectivity index (χ4n) is 6.16. The molecule has 112 valence electrons. The van der Waals surface area contributed by atoms with Gasteiger partial charge < -0.3 is 4.74 Å². The van der Waals surface area contributed by atoms with Crippen LogP contribution in [0.3, 0.4) is 0 Å². The second-order valence-corrected chi connectivity index (χ2v) is 14.2. The van der Waals surface area contributed by atoms with Crippen LogP contribution in [0.5, 0.6) is 0 Å². The lowest BCUT2D eigenvalue weighted by Gasteiger charge is -2.46. The number of rotatable bonds is 1. The highest BCUT2D eigenvalue weighted by atomic mass is 28.3. The largest absolute Gasteiger partial charge is 0.371 e. The number of carbonyl (C=O) groups excluding carboxylic acids is 1. The van der Waals surface area contributed by atoms with Crippen LogP contribution in [0.15, 0.2) is 0 Å². The summed E-state index contributed by atoms with van der Waals surface area (Å²) in [6.45, 7) is 7.30. The summed E-state index contributed by atoms with van der Waals surface area (Å²) >= 11 is 0. The van der Waals surface area contributed by atoms with Gasteiger partial charge >= 0.3 is 0 Å². The number of Topliss-reactive ketones (excluding diaryl/α,β-unsaturated/α-hetero) is 1. The molecule has 0 amide bonds. The van der Waals surface area contributed by atoms with Gasteiger partial charge in [0.05, 0.1) is 18.9 Å². The molecular formula is C17H28O2Si. The molecule has 20 heavy (non-hydrogen) atoms. The molecular weight excluding hydrogens is 264 g/mol. The summed E-state index contributed by atoms with van der Waals surface area (Å²) in [7, 11) is -1.53. The standard InChI is InChI=1S/C17H28O2Si/c1-20(2,3)17-10-9-16(19-17)8-4-5-13(16)11-12-6-7-14(18)15(12)17/h12-13,15H,4-11H2,1-3H3/t12?,13?,15?,16-,17-/m0/s1. The van der Waals surface area contributed by atoms with Gasteiger partial charge in [-0.15, -0.1) is 0 Å². The average molecular weight is 292 g/mol. The van der Waals surface area contributed by atoms with Crippen LogP contribution in [0.4, 0.5) is 0 Å². The fourth-order valence-corrected chi connectivity index (χ4v) is 8.87. The Morgan fingerprint density at radius 2 is 1.95 bits per heavy atom. The molecule has 2 saturated heterocycles. The summed E-state index contributed by atoms with van der Waals surface area (Å²) < 4.78 is 7.01. The highest BCUT2D eigenvalue weighted by Crippen LogP contribution is 2.63. The van der Waals surface area contributed by atoms with Gasteiger partial charge in [-0.3, -0.25) is 4.79 Å². The minimum Gasteiger partial charge on any atom is -0.371 e. The van der Waals surface area contributed by atoms with Crippen molar-refractivity contribution in [3.05, 3.63) is 0 Å². The summed E-state index contributed by atoms with van der Waals surface area (Å²) in [5.41, 5.74) is 0.172. The van der Waals surface area contributed by atoms with Gasteiger partial charge in [0.15, 0.2) is 0 Å². The van der Waals surface area contributed by atoms with Gasteiger partial charge in [0.1, 0.15) is 5.78 Å². The lowest BCUT2D eigenvalue weighted by Crippen LogP contribution is -2.60. The molecule has 2 aliphatic carbocycles. The molecule has 0 aromatic heterocycles. The molecule has 5 atom stereocenters. The van der Waals surface area contributed by atoms with E-state index in [9.17, 15) is 4.79 Å². The Morgan fingerprint density at radius 3 is 2.70 bits per heavy atom. The topological polar surface area (TPSA) is 26.3 Å². The van der Waals surface area contributed by atoms with Crippen molar-refractivity contribution in [3.63, 3.8) is 0 Å². The molecule has 4 fully saturated rings. The van der Waals surface area contributed by atoms with Crippen LogP contribution in [0.1, 0.15) is 51.4 Å². The zero-order valence-corrected chi connectivity index (χ0v) is 14.2. The lowest BCUT2D eigenvalue weighted by atomic mass is 9.75. The third kappa shape index (κ3) is 1.51. The van der Waals surface area contributed by atoms with Crippen molar-refractivity contribution >= 4 is 13.9 Å². The van der Waals surface area contributed by atoms with Crippen LogP contribution in [0.2, 0.25) is 19.6 Å². The maximum absolute atomic E-state index is 12.7. The Kier molecular flexibility index (Phi) is 2.69. The van der Waals surface area contributed by atoms with Crippen LogP contribution < -0.4 is 0 Å². The van der Waals surface area contributed by atoms with E-state index >= 15 is 0 Å². The lowest BCUT2D eigenvalue weighted by molar-refractivity contribution is -0.134. The van der Waals surface area contributed by atoms with Crippen LogP contribution in [-0.2, 0) is 9.53 Å². The average Bonchev–Trinajstić information content (AvgIpc) is 2.99. The van der Waals surface area contributed by atoms with Crippen LogP contribution in [-0.4, -0.2) is 24.7 Å². The van der Waals surface area contributed by atoms with Crippen LogP contribution in [0.25, 0.3) is 0 Å². The summed E-state index contributed by atoms with van der Waals surface area (Å²) in [5.74, 6) is 2.18. The summed E-state index contributed by atoms with van der Waals surface area (Å²) in [4.78, 5) is 12.7. The smallest absolute Gasteiger partial charge is 0.138 e. The van der Waals surface area contributed by atoms with Crippen molar-refractivity contribution < 1.29 is 9.53 Å². The molecule has 2 aliphatic heterocycles. The Labute approximate surface area is 123 Å². The number of fused-ring (bicyclic) bond motifs is 3. The van der Waals surface area contributed by atoms with Gasteiger partial charge in [-0.2, -0.15) is 0 Å². The van der Waals surface area contributed by atoms with E-state index in [4.69, 9.17) is 4.74 Å². The zero-order chi connectivity index (χ0) is 14.2. The zero-order valence-electron chi connectivity index (χ0n) is 13.2. The first kappa shape index (κ1) is 13.5. The third-order valence-corrected chi connectivity index (χ3v) is 10.3. The molecule has 3 unspecified atom stereocenters. The highest BCUT2D eigenvalue weighted by Gasteiger charge is 2.67. The maximum Gasteiger partial charge on any atom is 0.138 e. The fraction of sp³-hybridized carbons (Fsp3) is 0.941. The van der Waals surface area contributed by atoms with Crippen molar-refractivity contribution in [3.8, 4) is 0 Å². The molecule has 2 saturated carbocycles. The molecule has 4 aliphatic rings. The minimum absolute atomic E-state index is 0.0374. The summed E-state index contributed by atoms with van der Waals surface area (Å²) in [6, 6.07) is 0. The first-order chi connectivity index (χ1) is 9.38. The number of hydrogen-bond donors (Lipinski definition) is 0. The van der Waals surface area contributed by atoms with E-state index < -0.39 is 8.07 Å². The van der Waals surface area contributed by atoms with Gasteiger partial charge in [0, 0.05) is 12.3 Å². The van der Waals surface area contributed by atoms with E-state index in [1.54, 1.807) is 0 Å². The van der Waals surface area contributed by atoms with E-state index in [1.807, 2.05) is 0 Å². The molecule has 4 rings (SSSR count). The number of ether oxygens (including phenoxy) is 1. The number of carbonyl (C=O) groups is 1. The molecule has 0 aromatic rings. The molecule has 0 N–H and O–H groups in total. The highest BCUT2D eigenvalue weighted by molar-refractivity contribution is 6.79. The van der Waals surface area contributed by atoms with E-state index in [0.29, 0.717) is 11.7 Å². The van der Waals surface area contributed by atoms with Crippen molar-refractivity contribution in [2.75, 3.05) is 0 Å². The first-order valence-corrected chi connectivity index (χ1v) is 12.1. The van der Waals surface area contributed by atoms with Crippen molar-refractivity contribution in [2.45, 2.75) is 81.8 Å². The van der Waals surface area contributed by atoms with Crippen molar-refractivity contribution in [2.24, 2.45) is 17.8 Å². The maximum atomic E-state index is 12.7. The van der Waals surface area contributed by atoms with Gasteiger partial charge in [-0.25, -0.2) is 0 Å². The Bertz CT molecular complexity index is 454. The first-order valence-electron chi connectivity index (χ1n) is 8.61. The molecule has 0 radical (unpaired) electrons. The van der Waals surface area contributed by atoms with Crippen LogP contribution in [0, 0.1) is 17.8 Å². The number of hydrogen-bond acceptors (Lipinski definition) is 2. The molecule has 3 heteroatoms. The monoisotopic (exact) mass is 292 g/mol. The van der Waals surface area contributed by atoms with E-state index in [-0.39, 0.29) is 16.7 Å². The van der Waals surface area contributed by atoms with E-state index in [1.165, 1.54) is 38.5 Å². The molecule has 1 spiro atoms. The predicted molar refractivity (Wildman–Crippen MR) is 82.3 cm³/mol. The van der Waals surface area contributed by atoms with E-state index in [0.717, 1.165) is 18.8 Å². The normalized spacial score (nSPS) is 51.0. The van der Waals surface area contributed by atoms with Gasteiger partial charge in [-0.05, 0) is 50.4 Å². The second-order valence-electron chi connectivity index (χ2n) is 8.87. The SMILES string of the molecule is C[Si](C)(C)[C@@]12CC[C@]3(CCCC3CC3CCC(=O)C31)O2. The third-order valence-electron chi connectivity index (χ3n) is 7.14. The van der Waals surface area contributed by atoms with E-state index in [2.05, 4.69) is 19.6 Å². The minimum atomic E-state index is -1.53. The Hall–Kier alpha value is -0.153. The van der Waals surface area contributed by atoms with Gasteiger partial charge in [0.25, 0.3) is 0 Å². The summed E-state index contributed by atoms with van der Waals surface area (Å²) in [5, 5.41) is -0.0374. The van der Waals surface area contributed by atoms with Crippen molar-refractivity contribution in [1.82, 2.24) is 0 Å². The van der Waals surface area contributed by atoms with Crippen molar-refractivity contribution in [1.29, 1.82) is 0 Å². The van der Waals surface area contributed by atoms with Crippen LogP contribution >= 0.6 is 0 Å². The molecule has 2 bridgehead atoms. The predicted octanol–water partition coefficient (Wildman–Crippen LogP) is 3.95. The molecule has 0 aromatic carbocycles. The Balaban J connectivity index is 1.84. The van der Waals surface area contributed by atoms with Gasteiger partial charge in [0.2, 0.25) is 0 Å². The molecule has 2 heterocycles. The summed E-state index contributed by atoms with van der Waals surface area (Å²) in [6.07, 6.45) is 9.61. The van der Waals surface area contributed by atoms with Gasteiger partial charge in [-0.1, -0.05) is 26.1 Å². The quantitative estimate of drug-likeness (QED) is 0.684. The second kappa shape index (κ2) is 3.98. The number of ketones is 1. The Morgan fingerprint density at radius 1 is 1.15 bits per heavy atom.